The first kappa shape index (κ1) is 11.8. The molecule has 90 valence electrons. The molecule has 3 nitrogen and oxygen atoms in total. The Morgan fingerprint density at radius 3 is 2.35 bits per heavy atom. The summed E-state index contributed by atoms with van der Waals surface area (Å²) in [4.78, 5) is 11.3. The zero-order chi connectivity index (χ0) is 12.6. The molecule has 2 aromatic rings. The second-order valence-corrected chi connectivity index (χ2v) is 5.09. The van der Waals surface area contributed by atoms with Gasteiger partial charge in [0.15, 0.2) is 0 Å². The van der Waals surface area contributed by atoms with Crippen LogP contribution in [0.15, 0.2) is 23.0 Å². The SMILES string of the molecule is CC(C)c1cc(C(C)C)c2n[nH]c(=O)cc2c1. The molecule has 17 heavy (non-hydrogen) atoms. The molecule has 0 aliphatic rings. The molecule has 0 radical (unpaired) electrons. The molecule has 0 atom stereocenters. The number of benzene rings is 1. The lowest BCUT2D eigenvalue weighted by Crippen LogP contribution is -2.08. The minimum absolute atomic E-state index is 0.145. The lowest BCUT2D eigenvalue weighted by molar-refractivity contribution is 0.835. The monoisotopic (exact) mass is 230 g/mol. The van der Waals surface area contributed by atoms with Gasteiger partial charge < -0.3 is 0 Å². The van der Waals surface area contributed by atoms with Crippen LogP contribution in [-0.2, 0) is 0 Å². The fourth-order valence-corrected chi connectivity index (χ4v) is 2.00. The molecule has 2 rings (SSSR count). The Morgan fingerprint density at radius 2 is 1.76 bits per heavy atom. The van der Waals surface area contributed by atoms with Crippen LogP contribution in [-0.4, -0.2) is 10.2 Å². The molecule has 0 saturated heterocycles. The number of rotatable bonds is 2. The highest BCUT2D eigenvalue weighted by Crippen LogP contribution is 2.27. The quantitative estimate of drug-likeness (QED) is 0.861. The summed E-state index contributed by atoms with van der Waals surface area (Å²) < 4.78 is 0. The molecule has 0 aliphatic heterocycles. The van der Waals surface area contributed by atoms with Gasteiger partial charge in [0.25, 0.3) is 5.56 Å². The van der Waals surface area contributed by atoms with E-state index >= 15 is 0 Å². The van der Waals surface area contributed by atoms with Gasteiger partial charge in [-0.05, 0) is 29.0 Å². The van der Waals surface area contributed by atoms with E-state index in [2.05, 4.69) is 50.0 Å². The van der Waals surface area contributed by atoms with Crippen molar-refractivity contribution in [2.75, 3.05) is 0 Å². The number of aromatic nitrogens is 2. The van der Waals surface area contributed by atoms with Crippen molar-refractivity contribution in [2.45, 2.75) is 39.5 Å². The average molecular weight is 230 g/mol. The van der Waals surface area contributed by atoms with Crippen LogP contribution in [0.5, 0.6) is 0 Å². The fraction of sp³-hybridized carbons (Fsp3) is 0.429. The minimum atomic E-state index is -0.145. The molecule has 0 aliphatic carbocycles. The maximum absolute atomic E-state index is 11.3. The van der Waals surface area contributed by atoms with Gasteiger partial charge in [-0.2, -0.15) is 5.10 Å². The molecule has 1 aromatic heterocycles. The predicted octanol–water partition coefficient (Wildman–Crippen LogP) is 3.17. The van der Waals surface area contributed by atoms with Crippen molar-refractivity contribution in [3.8, 4) is 0 Å². The van der Waals surface area contributed by atoms with E-state index < -0.39 is 0 Å². The molecular formula is C14H18N2O. The van der Waals surface area contributed by atoms with E-state index in [1.54, 1.807) is 6.07 Å². The zero-order valence-corrected chi connectivity index (χ0v) is 10.7. The fourth-order valence-electron chi connectivity index (χ4n) is 2.00. The predicted molar refractivity (Wildman–Crippen MR) is 70.5 cm³/mol. The second kappa shape index (κ2) is 4.32. The van der Waals surface area contributed by atoms with E-state index in [1.807, 2.05) is 0 Å². The molecule has 0 bridgehead atoms. The van der Waals surface area contributed by atoms with Crippen molar-refractivity contribution in [2.24, 2.45) is 0 Å². The van der Waals surface area contributed by atoms with Gasteiger partial charge in [-0.3, -0.25) is 4.79 Å². The van der Waals surface area contributed by atoms with Crippen molar-refractivity contribution < 1.29 is 0 Å². The van der Waals surface area contributed by atoms with Crippen LogP contribution in [0, 0.1) is 0 Å². The maximum Gasteiger partial charge on any atom is 0.264 e. The third-order valence-electron chi connectivity index (χ3n) is 3.04. The molecule has 0 unspecified atom stereocenters. The highest BCUT2D eigenvalue weighted by atomic mass is 16.1. The lowest BCUT2D eigenvalue weighted by Gasteiger charge is -2.13. The van der Waals surface area contributed by atoms with E-state index in [1.165, 1.54) is 11.1 Å². The first-order chi connectivity index (χ1) is 7.99. The number of hydrogen-bond acceptors (Lipinski definition) is 2. The van der Waals surface area contributed by atoms with E-state index in [0.29, 0.717) is 11.8 Å². The number of nitrogens with one attached hydrogen (secondary N) is 1. The highest BCUT2D eigenvalue weighted by molar-refractivity contribution is 5.82. The van der Waals surface area contributed by atoms with Crippen molar-refractivity contribution in [1.82, 2.24) is 10.2 Å². The van der Waals surface area contributed by atoms with Crippen LogP contribution in [0.2, 0.25) is 0 Å². The number of H-pyrrole nitrogens is 1. The van der Waals surface area contributed by atoms with Crippen molar-refractivity contribution in [3.05, 3.63) is 39.7 Å². The molecule has 1 heterocycles. The normalized spacial score (nSPS) is 11.6. The Balaban J connectivity index is 2.81. The Hall–Kier alpha value is -1.64. The molecule has 3 heteroatoms. The highest BCUT2D eigenvalue weighted by Gasteiger charge is 2.11. The molecule has 1 N–H and O–H groups in total. The van der Waals surface area contributed by atoms with Crippen LogP contribution in [0.1, 0.15) is 50.7 Å². The summed E-state index contributed by atoms with van der Waals surface area (Å²) in [5.74, 6) is 0.853. The van der Waals surface area contributed by atoms with Gasteiger partial charge in [-0.15, -0.1) is 0 Å². The van der Waals surface area contributed by atoms with Crippen LogP contribution >= 0.6 is 0 Å². The summed E-state index contributed by atoms with van der Waals surface area (Å²) in [6, 6.07) is 5.89. The van der Waals surface area contributed by atoms with Gasteiger partial charge in [-0.25, -0.2) is 5.10 Å². The number of fused-ring (bicyclic) bond motifs is 1. The van der Waals surface area contributed by atoms with Gasteiger partial charge in [0.1, 0.15) is 0 Å². The van der Waals surface area contributed by atoms with Crippen molar-refractivity contribution in [1.29, 1.82) is 0 Å². The third kappa shape index (κ3) is 2.23. The Morgan fingerprint density at radius 1 is 1.06 bits per heavy atom. The summed E-state index contributed by atoms with van der Waals surface area (Å²) in [5, 5.41) is 7.61. The van der Waals surface area contributed by atoms with Gasteiger partial charge in [0, 0.05) is 11.5 Å². The van der Waals surface area contributed by atoms with Crippen LogP contribution < -0.4 is 5.56 Å². The number of aromatic amines is 1. The van der Waals surface area contributed by atoms with Crippen LogP contribution in [0.4, 0.5) is 0 Å². The van der Waals surface area contributed by atoms with Gasteiger partial charge in [0.2, 0.25) is 0 Å². The Labute approximate surface area is 101 Å². The first-order valence-corrected chi connectivity index (χ1v) is 6.02. The Kier molecular flexibility index (Phi) is 3.01. The molecule has 0 saturated carbocycles. The van der Waals surface area contributed by atoms with E-state index in [9.17, 15) is 4.79 Å². The second-order valence-electron chi connectivity index (χ2n) is 5.09. The standard InChI is InChI=1S/C14H18N2O/c1-8(2)10-5-11-7-13(17)15-16-14(11)12(6-10)9(3)4/h5-9H,1-4H3,(H,15,17). The summed E-state index contributed by atoms with van der Waals surface area (Å²) in [6.45, 7) is 8.61. The first-order valence-electron chi connectivity index (χ1n) is 6.02. The molecular weight excluding hydrogens is 212 g/mol. The molecule has 0 fully saturated rings. The van der Waals surface area contributed by atoms with Gasteiger partial charge >= 0.3 is 0 Å². The zero-order valence-electron chi connectivity index (χ0n) is 10.7. The summed E-state index contributed by atoms with van der Waals surface area (Å²) in [6.07, 6.45) is 0. The number of hydrogen-bond donors (Lipinski definition) is 1. The topological polar surface area (TPSA) is 45.8 Å². The lowest BCUT2D eigenvalue weighted by atomic mass is 9.93. The summed E-state index contributed by atoms with van der Waals surface area (Å²) >= 11 is 0. The van der Waals surface area contributed by atoms with E-state index in [0.717, 1.165) is 10.9 Å². The summed E-state index contributed by atoms with van der Waals surface area (Å²) in [5.41, 5.74) is 3.22. The number of nitrogens with zero attached hydrogens (tertiary/aromatic N) is 1. The van der Waals surface area contributed by atoms with Crippen molar-refractivity contribution in [3.63, 3.8) is 0 Å². The third-order valence-corrected chi connectivity index (χ3v) is 3.04. The molecule has 0 amide bonds. The van der Waals surface area contributed by atoms with E-state index in [-0.39, 0.29) is 5.56 Å². The Bertz CT molecular complexity index is 597. The summed E-state index contributed by atoms with van der Waals surface area (Å²) in [7, 11) is 0. The largest absolute Gasteiger partial charge is 0.268 e. The minimum Gasteiger partial charge on any atom is -0.268 e. The molecule has 0 spiro atoms. The van der Waals surface area contributed by atoms with Crippen molar-refractivity contribution >= 4 is 10.9 Å². The van der Waals surface area contributed by atoms with Crippen LogP contribution in [0.3, 0.4) is 0 Å². The van der Waals surface area contributed by atoms with E-state index in [4.69, 9.17) is 0 Å². The average Bonchev–Trinajstić information content (AvgIpc) is 2.26. The van der Waals surface area contributed by atoms with Crippen LogP contribution in [0.25, 0.3) is 10.9 Å². The molecule has 1 aromatic carbocycles. The van der Waals surface area contributed by atoms with Gasteiger partial charge in [0.05, 0.1) is 5.52 Å². The van der Waals surface area contributed by atoms with Gasteiger partial charge in [-0.1, -0.05) is 33.8 Å². The maximum atomic E-state index is 11.3. The smallest absolute Gasteiger partial charge is 0.264 e.